The summed E-state index contributed by atoms with van der Waals surface area (Å²) in [5, 5.41) is 3.17. The molecule has 4 atom stereocenters. The zero-order chi connectivity index (χ0) is 14.7. The highest BCUT2D eigenvalue weighted by Crippen LogP contribution is 2.21. The third-order valence-corrected chi connectivity index (χ3v) is 4.30. The highest BCUT2D eigenvalue weighted by atomic mass is 16.2. The van der Waals surface area contributed by atoms with Crippen LogP contribution in [0.1, 0.15) is 26.2 Å². The quantitative estimate of drug-likeness (QED) is 0.379. The molecule has 0 spiro atoms. The highest BCUT2D eigenvalue weighted by Gasteiger charge is 2.30. The number of aliphatic imine (C=N–C) groups is 1. The first kappa shape index (κ1) is 15.0. The van der Waals surface area contributed by atoms with E-state index in [1.165, 1.54) is 6.08 Å². The molecule has 6 heteroatoms. The summed E-state index contributed by atoms with van der Waals surface area (Å²) in [4.78, 5) is 18.3. The lowest BCUT2D eigenvalue weighted by molar-refractivity contribution is -0.129. The van der Waals surface area contributed by atoms with Crippen molar-refractivity contribution >= 4 is 11.7 Å². The van der Waals surface area contributed by atoms with Gasteiger partial charge in [0, 0.05) is 18.5 Å². The van der Waals surface area contributed by atoms with Crippen molar-refractivity contribution in [1.29, 1.82) is 0 Å². The van der Waals surface area contributed by atoms with Crippen LogP contribution in [0.2, 0.25) is 0 Å². The number of likely N-dealkylation sites (tertiary alicyclic amines) is 1. The number of nitrogens with zero attached hydrogens (tertiary/aromatic N) is 2. The SMILES string of the molecule is C=CC(=O)N1C[C@H](N=C(N)C2CCNC2N)CC[C@@H]1C. The number of amidine groups is 1. The lowest BCUT2D eigenvalue weighted by atomic mass is 9.98. The monoisotopic (exact) mass is 279 g/mol. The first-order chi connectivity index (χ1) is 9.52. The maximum absolute atomic E-state index is 11.8. The van der Waals surface area contributed by atoms with Crippen LogP contribution in [0.3, 0.4) is 0 Å². The van der Waals surface area contributed by atoms with Crippen molar-refractivity contribution in [2.24, 2.45) is 22.4 Å². The van der Waals surface area contributed by atoms with Crippen molar-refractivity contribution < 1.29 is 4.79 Å². The molecule has 0 saturated carbocycles. The van der Waals surface area contributed by atoms with Crippen molar-refractivity contribution in [3.05, 3.63) is 12.7 Å². The molecule has 1 amide bonds. The number of nitrogens with two attached hydrogens (primary N) is 2. The van der Waals surface area contributed by atoms with Gasteiger partial charge in [-0.1, -0.05) is 6.58 Å². The average Bonchev–Trinajstić information content (AvgIpc) is 2.86. The molecule has 0 aromatic carbocycles. The second-order valence-electron chi connectivity index (χ2n) is 5.70. The Labute approximate surface area is 120 Å². The Morgan fingerprint density at radius 3 is 2.80 bits per heavy atom. The van der Waals surface area contributed by atoms with E-state index in [0.29, 0.717) is 12.4 Å². The van der Waals surface area contributed by atoms with Crippen LogP contribution in [-0.2, 0) is 4.79 Å². The molecule has 0 bridgehead atoms. The predicted octanol–water partition coefficient (Wildman–Crippen LogP) is -0.197. The number of piperidine rings is 1. The molecule has 2 unspecified atom stereocenters. The molecule has 2 heterocycles. The smallest absolute Gasteiger partial charge is 0.246 e. The number of carbonyl (C=O) groups is 1. The molecule has 2 fully saturated rings. The van der Waals surface area contributed by atoms with Crippen molar-refractivity contribution in [3.63, 3.8) is 0 Å². The number of carbonyl (C=O) groups excluding carboxylic acids is 1. The molecular formula is C14H25N5O. The van der Waals surface area contributed by atoms with E-state index < -0.39 is 0 Å². The average molecular weight is 279 g/mol. The van der Waals surface area contributed by atoms with E-state index in [0.717, 1.165) is 25.8 Å². The third-order valence-electron chi connectivity index (χ3n) is 4.30. The predicted molar refractivity (Wildman–Crippen MR) is 80.1 cm³/mol. The molecular weight excluding hydrogens is 254 g/mol. The van der Waals surface area contributed by atoms with Crippen LogP contribution in [0.4, 0.5) is 0 Å². The molecule has 2 aliphatic heterocycles. The fourth-order valence-electron chi connectivity index (χ4n) is 2.98. The normalized spacial score (nSPS) is 35.1. The summed E-state index contributed by atoms with van der Waals surface area (Å²) in [5.74, 6) is 0.696. The largest absolute Gasteiger partial charge is 0.387 e. The second-order valence-corrected chi connectivity index (χ2v) is 5.70. The van der Waals surface area contributed by atoms with Crippen LogP contribution in [0, 0.1) is 5.92 Å². The van der Waals surface area contributed by atoms with E-state index in [4.69, 9.17) is 11.5 Å². The molecule has 0 aromatic heterocycles. The second kappa shape index (κ2) is 6.37. The van der Waals surface area contributed by atoms with E-state index >= 15 is 0 Å². The molecule has 0 radical (unpaired) electrons. The Hall–Kier alpha value is -1.40. The van der Waals surface area contributed by atoms with Gasteiger partial charge in [0.1, 0.15) is 5.84 Å². The minimum Gasteiger partial charge on any atom is -0.387 e. The van der Waals surface area contributed by atoms with Gasteiger partial charge in [-0.2, -0.15) is 0 Å². The molecule has 112 valence electrons. The molecule has 2 saturated heterocycles. The minimum atomic E-state index is -0.104. The van der Waals surface area contributed by atoms with Crippen LogP contribution in [-0.4, -0.2) is 48.0 Å². The van der Waals surface area contributed by atoms with Gasteiger partial charge in [-0.05, 0) is 38.8 Å². The molecule has 20 heavy (non-hydrogen) atoms. The summed E-state index contributed by atoms with van der Waals surface area (Å²) in [6.45, 7) is 7.10. The molecule has 0 aliphatic carbocycles. The Morgan fingerprint density at radius 2 is 2.20 bits per heavy atom. The number of rotatable bonds is 3. The fraction of sp³-hybridized carbons (Fsp3) is 0.714. The van der Waals surface area contributed by atoms with Crippen molar-refractivity contribution in [3.8, 4) is 0 Å². The summed E-state index contributed by atoms with van der Waals surface area (Å²) in [6.07, 6.45) is 4.08. The molecule has 6 nitrogen and oxygen atoms in total. The van der Waals surface area contributed by atoms with E-state index in [1.54, 1.807) is 0 Å². The van der Waals surface area contributed by atoms with Gasteiger partial charge >= 0.3 is 0 Å². The van der Waals surface area contributed by atoms with Crippen LogP contribution in [0.5, 0.6) is 0 Å². The van der Waals surface area contributed by atoms with Crippen molar-refractivity contribution in [1.82, 2.24) is 10.2 Å². The van der Waals surface area contributed by atoms with Crippen LogP contribution in [0.25, 0.3) is 0 Å². The topological polar surface area (TPSA) is 96.7 Å². The first-order valence-electron chi connectivity index (χ1n) is 7.28. The van der Waals surface area contributed by atoms with Gasteiger partial charge in [0.2, 0.25) is 5.91 Å². The lowest BCUT2D eigenvalue weighted by Gasteiger charge is -2.36. The molecule has 2 aliphatic rings. The Balaban J connectivity index is 2.02. The standard InChI is InChI=1S/C14H25N5O/c1-3-12(20)19-8-10(5-4-9(19)2)18-14(16)11-6-7-17-13(11)15/h3,9-11,13,17H,1,4-8,15H2,2H3,(H2,16,18)/t9-,10+,11?,13?/m0/s1. The summed E-state index contributed by atoms with van der Waals surface area (Å²) < 4.78 is 0. The summed E-state index contributed by atoms with van der Waals surface area (Å²) in [6, 6.07) is 0.312. The highest BCUT2D eigenvalue weighted by molar-refractivity contribution is 5.87. The maximum Gasteiger partial charge on any atom is 0.246 e. The number of nitrogens with one attached hydrogen (secondary N) is 1. The minimum absolute atomic E-state index is 0.0322. The summed E-state index contributed by atoms with van der Waals surface area (Å²) in [7, 11) is 0. The number of hydrogen-bond donors (Lipinski definition) is 3. The maximum atomic E-state index is 11.8. The third kappa shape index (κ3) is 3.19. The Kier molecular flexibility index (Phi) is 4.77. The zero-order valence-electron chi connectivity index (χ0n) is 12.1. The van der Waals surface area contributed by atoms with Gasteiger partial charge in [0.25, 0.3) is 0 Å². The van der Waals surface area contributed by atoms with Crippen molar-refractivity contribution in [2.75, 3.05) is 13.1 Å². The molecule has 2 rings (SSSR count). The van der Waals surface area contributed by atoms with Gasteiger partial charge in [0.15, 0.2) is 0 Å². The van der Waals surface area contributed by atoms with Crippen LogP contribution < -0.4 is 16.8 Å². The Bertz CT molecular complexity index is 408. The van der Waals surface area contributed by atoms with Crippen LogP contribution >= 0.6 is 0 Å². The van der Waals surface area contributed by atoms with Crippen molar-refractivity contribution in [2.45, 2.75) is 44.4 Å². The number of amides is 1. The molecule has 0 aromatic rings. The van der Waals surface area contributed by atoms with Crippen LogP contribution in [0.15, 0.2) is 17.6 Å². The fourth-order valence-corrected chi connectivity index (χ4v) is 2.98. The lowest BCUT2D eigenvalue weighted by Crippen LogP contribution is -2.47. The molecule has 5 N–H and O–H groups in total. The first-order valence-corrected chi connectivity index (χ1v) is 7.28. The number of hydrogen-bond acceptors (Lipinski definition) is 4. The zero-order valence-corrected chi connectivity index (χ0v) is 12.1. The Morgan fingerprint density at radius 1 is 1.45 bits per heavy atom. The summed E-state index contributed by atoms with van der Waals surface area (Å²) >= 11 is 0. The van der Waals surface area contributed by atoms with Gasteiger partial charge in [-0.25, -0.2) is 0 Å². The van der Waals surface area contributed by atoms with Gasteiger partial charge in [-0.15, -0.1) is 0 Å². The van der Waals surface area contributed by atoms with E-state index in [9.17, 15) is 4.79 Å². The summed E-state index contributed by atoms with van der Waals surface area (Å²) in [5.41, 5.74) is 12.0. The van der Waals surface area contributed by atoms with E-state index in [1.807, 2.05) is 4.90 Å². The van der Waals surface area contributed by atoms with Gasteiger partial charge < -0.3 is 21.7 Å². The van der Waals surface area contributed by atoms with E-state index in [2.05, 4.69) is 23.8 Å². The van der Waals surface area contributed by atoms with Gasteiger partial charge in [0.05, 0.1) is 12.2 Å². The van der Waals surface area contributed by atoms with E-state index in [-0.39, 0.29) is 30.1 Å². The van der Waals surface area contributed by atoms with Gasteiger partial charge in [-0.3, -0.25) is 9.79 Å².